The number of hydrogen-bond donors (Lipinski definition) is 2. The van der Waals surface area contributed by atoms with Crippen molar-refractivity contribution in [1.29, 1.82) is 0 Å². The number of nitrogen functional groups attached to an aromatic ring is 1. The van der Waals surface area contributed by atoms with Gasteiger partial charge in [0.15, 0.2) is 0 Å². The number of carboxylic acid groups (broad SMARTS) is 1. The summed E-state index contributed by atoms with van der Waals surface area (Å²) in [5.41, 5.74) is 7.74. The van der Waals surface area contributed by atoms with Crippen molar-refractivity contribution >= 4 is 23.7 Å². The molecule has 3 N–H and O–H groups in total. The number of methoxy groups -OCH3 is 1. The fraction of sp³-hybridized carbons (Fsp3) is 0.231. The number of benzene rings is 1. The molecule has 96 valence electrons. The van der Waals surface area contributed by atoms with Crippen LogP contribution in [0.25, 0.3) is 6.08 Å². The van der Waals surface area contributed by atoms with Gasteiger partial charge in [-0.25, -0.2) is 4.79 Å². The first-order valence-corrected chi connectivity index (χ1v) is 5.39. The number of hydrogen-bond acceptors (Lipinski definition) is 4. The Morgan fingerprint density at radius 2 is 2.17 bits per heavy atom. The summed E-state index contributed by atoms with van der Waals surface area (Å²) in [6.45, 7) is 0. The Kier molecular flexibility index (Phi) is 4.92. The third kappa shape index (κ3) is 4.29. The highest BCUT2D eigenvalue weighted by atomic mass is 16.5. The Bertz CT molecular complexity index is 480. The fourth-order valence-electron chi connectivity index (χ4n) is 1.50. The van der Waals surface area contributed by atoms with E-state index in [0.717, 1.165) is 11.6 Å². The quantitative estimate of drug-likeness (QED) is 0.468. The van der Waals surface area contributed by atoms with E-state index in [-0.39, 0.29) is 12.4 Å². The van der Waals surface area contributed by atoms with Crippen LogP contribution in [-0.4, -0.2) is 24.2 Å². The molecular weight excluding hydrogens is 234 g/mol. The molecule has 0 aliphatic heterocycles. The van der Waals surface area contributed by atoms with Gasteiger partial charge in [0.05, 0.1) is 7.11 Å². The Labute approximate surface area is 105 Å². The normalized spacial score (nSPS) is 10.5. The molecule has 5 nitrogen and oxygen atoms in total. The smallest absolute Gasteiger partial charge is 0.328 e. The molecule has 5 heteroatoms. The first-order valence-electron chi connectivity index (χ1n) is 5.39. The molecule has 18 heavy (non-hydrogen) atoms. The summed E-state index contributed by atoms with van der Waals surface area (Å²) in [7, 11) is 1.33. The van der Waals surface area contributed by atoms with Gasteiger partial charge in [0.25, 0.3) is 0 Å². The average Bonchev–Trinajstić information content (AvgIpc) is 2.34. The van der Waals surface area contributed by atoms with Gasteiger partial charge in [-0.15, -0.1) is 0 Å². The van der Waals surface area contributed by atoms with Gasteiger partial charge >= 0.3 is 11.9 Å². The summed E-state index contributed by atoms with van der Waals surface area (Å²) in [5, 5.41) is 8.60. The molecule has 0 amide bonds. The van der Waals surface area contributed by atoms with Crippen molar-refractivity contribution in [3.05, 3.63) is 35.4 Å². The molecule has 0 aliphatic rings. The Morgan fingerprint density at radius 1 is 1.44 bits per heavy atom. The van der Waals surface area contributed by atoms with Crippen molar-refractivity contribution in [3.63, 3.8) is 0 Å². The molecule has 0 aromatic heterocycles. The first kappa shape index (κ1) is 13.8. The van der Waals surface area contributed by atoms with E-state index in [2.05, 4.69) is 4.74 Å². The number of ether oxygens (including phenoxy) is 1. The topological polar surface area (TPSA) is 89.6 Å². The molecule has 0 aliphatic carbocycles. The highest BCUT2D eigenvalue weighted by molar-refractivity contribution is 5.86. The average molecular weight is 249 g/mol. The number of anilines is 1. The lowest BCUT2D eigenvalue weighted by atomic mass is 10.0. The predicted molar refractivity (Wildman–Crippen MR) is 67.9 cm³/mol. The Hall–Kier alpha value is -2.30. The van der Waals surface area contributed by atoms with Crippen molar-refractivity contribution < 1.29 is 19.4 Å². The van der Waals surface area contributed by atoms with E-state index < -0.39 is 5.97 Å². The van der Waals surface area contributed by atoms with Crippen LogP contribution in [0, 0.1) is 0 Å². The number of rotatable bonds is 5. The van der Waals surface area contributed by atoms with Crippen molar-refractivity contribution in [2.75, 3.05) is 12.8 Å². The number of carboxylic acids is 1. The van der Waals surface area contributed by atoms with Crippen molar-refractivity contribution in [2.45, 2.75) is 12.8 Å². The van der Waals surface area contributed by atoms with Crippen LogP contribution in [0.4, 0.5) is 5.69 Å². The van der Waals surface area contributed by atoms with Gasteiger partial charge < -0.3 is 15.6 Å². The van der Waals surface area contributed by atoms with Crippen molar-refractivity contribution in [3.8, 4) is 0 Å². The number of carbonyl (C=O) groups is 2. The number of carbonyl (C=O) groups excluding carboxylic acids is 1. The van der Waals surface area contributed by atoms with Crippen LogP contribution in [0.5, 0.6) is 0 Å². The maximum absolute atomic E-state index is 11.1. The van der Waals surface area contributed by atoms with E-state index in [1.165, 1.54) is 13.2 Å². The third-order valence-corrected chi connectivity index (χ3v) is 2.40. The molecule has 1 aromatic rings. The zero-order valence-electron chi connectivity index (χ0n) is 10.1. The SMILES string of the molecule is COC(=O)CCc1ccc(N)cc1C=CC(=O)O. The molecule has 0 saturated heterocycles. The van der Waals surface area contributed by atoms with E-state index >= 15 is 0 Å². The van der Waals surface area contributed by atoms with Crippen LogP contribution in [0.1, 0.15) is 17.5 Å². The van der Waals surface area contributed by atoms with Crippen molar-refractivity contribution in [1.82, 2.24) is 0 Å². The molecule has 0 unspecified atom stereocenters. The van der Waals surface area contributed by atoms with Crippen molar-refractivity contribution in [2.24, 2.45) is 0 Å². The van der Waals surface area contributed by atoms with Gasteiger partial charge in [-0.1, -0.05) is 6.07 Å². The summed E-state index contributed by atoms with van der Waals surface area (Å²) >= 11 is 0. The van der Waals surface area contributed by atoms with E-state index in [4.69, 9.17) is 10.8 Å². The second-order valence-electron chi connectivity index (χ2n) is 3.71. The largest absolute Gasteiger partial charge is 0.478 e. The van der Waals surface area contributed by atoms with Gasteiger partial charge in [-0.2, -0.15) is 0 Å². The van der Waals surface area contributed by atoms with Crippen LogP contribution in [-0.2, 0) is 20.7 Å². The summed E-state index contributed by atoms with van der Waals surface area (Å²) in [5.74, 6) is -1.34. The molecule has 0 spiro atoms. The summed E-state index contributed by atoms with van der Waals surface area (Å²) in [6, 6.07) is 5.16. The molecule has 0 saturated carbocycles. The number of aliphatic carboxylic acids is 1. The van der Waals surface area contributed by atoms with Crippen LogP contribution >= 0.6 is 0 Å². The molecule has 0 fully saturated rings. The van der Waals surface area contributed by atoms with Crippen LogP contribution in [0.2, 0.25) is 0 Å². The minimum atomic E-state index is -1.03. The maximum atomic E-state index is 11.1. The van der Waals surface area contributed by atoms with Gasteiger partial charge in [-0.05, 0) is 35.8 Å². The molecule has 0 radical (unpaired) electrons. The van der Waals surface area contributed by atoms with Crippen LogP contribution in [0.3, 0.4) is 0 Å². The minimum absolute atomic E-state index is 0.244. The first-order chi connectivity index (χ1) is 8.52. The lowest BCUT2D eigenvalue weighted by Gasteiger charge is -2.06. The number of aryl methyl sites for hydroxylation is 1. The van der Waals surface area contributed by atoms with Gasteiger partial charge in [0.1, 0.15) is 0 Å². The zero-order valence-corrected chi connectivity index (χ0v) is 10.1. The molecule has 1 rings (SSSR count). The Morgan fingerprint density at radius 3 is 2.78 bits per heavy atom. The van der Waals surface area contributed by atoms with Gasteiger partial charge in [0.2, 0.25) is 0 Å². The van der Waals surface area contributed by atoms with E-state index in [1.54, 1.807) is 18.2 Å². The third-order valence-electron chi connectivity index (χ3n) is 2.40. The van der Waals surface area contributed by atoms with Crippen LogP contribution in [0.15, 0.2) is 24.3 Å². The predicted octanol–water partition coefficient (Wildman–Crippen LogP) is 1.47. The fourth-order valence-corrected chi connectivity index (χ4v) is 1.50. The number of esters is 1. The summed E-state index contributed by atoms with van der Waals surface area (Å²) in [4.78, 5) is 21.6. The monoisotopic (exact) mass is 249 g/mol. The molecule has 0 bridgehead atoms. The molecule has 0 heterocycles. The van der Waals surface area contributed by atoms with E-state index in [0.29, 0.717) is 17.7 Å². The van der Waals surface area contributed by atoms with Gasteiger partial charge in [-0.3, -0.25) is 4.79 Å². The summed E-state index contributed by atoms with van der Waals surface area (Å²) < 4.78 is 4.56. The van der Waals surface area contributed by atoms with Gasteiger partial charge in [0, 0.05) is 18.2 Å². The standard InChI is InChI=1S/C13H15NO4/c1-18-13(17)7-4-9-2-5-11(14)8-10(9)3-6-12(15)16/h2-3,5-6,8H,4,7,14H2,1H3,(H,15,16). The van der Waals surface area contributed by atoms with E-state index in [1.807, 2.05) is 0 Å². The Balaban J connectivity index is 2.89. The lowest BCUT2D eigenvalue weighted by Crippen LogP contribution is -2.03. The second-order valence-corrected chi connectivity index (χ2v) is 3.71. The highest BCUT2D eigenvalue weighted by Crippen LogP contribution is 2.17. The minimum Gasteiger partial charge on any atom is -0.478 e. The van der Waals surface area contributed by atoms with Crippen LogP contribution < -0.4 is 5.73 Å². The second kappa shape index (κ2) is 6.44. The molecule has 0 atom stereocenters. The molecule has 1 aromatic carbocycles. The molecular formula is C13H15NO4. The van der Waals surface area contributed by atoms with E-state index in [9.17, 15) is 9.59 Å². The maximum Gasteiger partial charge on any atom is 0.328 e. The lowest BCUT2D eigenvalue weighted by molar-refractivity contribution is -0.140. The highest BCUT2D eigenvalue weighted by Gasteiger charge is 2.05. The zero-order chi connectivity index (χ0) is 13.5. The summed E-state index contributed by atoms with van der Waals surface area (Å²) in [6.07, 6.45) is 3.22. The number of nitrogens with two attached hydrogens (primary N) is 1.